The van der Waals surface area contributed by atoms with Crippen molar-refractivity contribution in [3.05, 3.63) is 104 Å². The average Bonchev–Trinajstić information content (AvgIpc) is 2.62. The SMILES string of the molecule is Brc1ccc(C#Cc2ccc(C#Cc3ccc(Br)cc3)cc2)cc1. The van der Waals surface area contributed by atoms with Gasteiger partial charge in [-0.05, 0) is 72.8 Å². The maximum absolute atomic E-state index is 3.42. The molecule has 3 aromatic rings. The fourth-order valence-electron chi connectivity index (χ4n) is 1.99. The third-order valence-electron chi connectivity index (χ3n) is 3.28. The molecule has 2 heteroatoms. The zero-order valence-corrected chi connectivity index (χ0v) is 15.9. The summed E-state index contributed by atoms with van der Waals surface area (Å²) in [5.41, 5.74) is 3.95. The molecule has 3 aromatic carbocycles. The van der Waals surface area contributed by atoms with Gasteiger partial charge < -0.3 is 0 Å². The average molecular weight is 436 g/mol. The Hall–Kier alpha value is -2.26. The van der Waals surface area contributed by atoms with Gasteiger partial charge in [-0.3, -0.25) is 0 Å². The van der Waals surface area contributed by atoms with Crippen molar-refractivity contribution >= 4 is 31.9 Å². The van der Waals surface area contributed by atoms with E-state index in [1.807, 2.05) is 72.8 Å². The first kappa shape index (κ1) is 16.6. The van der Waals surface area contributed by atoms with Crippen LogP contribution in [0.4, 0.5) is 0 Å². The highest BCUT2D eigenvalue weighted by molar-refractivity contribution is 9.10. The standard InChI is InChI=1S/C22H12Br2/c23-21-13-9-19(10-14-21)7-5-17-1-2-18(4-3-17)6-8-20-11-15-22(24)16-12-20/h1-4,9-16H. The van der Waals surface area contributed by atoms with Gasteiger partial charge in [0.2, 0.25) is 0 Å². The summed E-state index contributed by atoms with van der Waals surface area (Å²) in [5.74, 6) is 12.7. The van der Waals surface area contributed by atoms with Gasteiger partial charge in [-0.25, -0.2) is 0 Å². The van der Waals surface area contributed by atoms with E-state index in [4.69, 9.17) is 0 Å². The fourth-order valence-corrected chi connectivity index (χ4v) is 2.52. The van der Waals surface area contributed by atoms with Crippen molar-refractivity contribution in [3.63, 3.8) is 0 Å². The molecular formula is C22H12Br2. The van der Waals surface area contributed by atoms with Crippen LogP contribution in [0.15, 0.2) is 81.7 Å². The van der Waals surface area contributed by atoms with Crippen LogP contribution in [-0.2, 0) is 0 Å². The Morgan fingerprint density at radius 3 is 0.833 bits per heavy atom. The quantitative estimate of drug-likeness (QED) is 0.379. The van der Waals surface area contributed by atoms with Crippen LogP contribution in [0.25, 0.3) is 0 Å². The van der Waals surface area contributed by atoms with Gasteiger partial charge in [0, 0.05) is 31.2 Å². The molecule has 0 aromatic heterocycles. The second-order valence-corrected chi connectivity index (χ2v) is 6.92. The van der Waals surface area contributed by atoms with Crippen LogP contribution in [0.2, 0.25) is 0 Å². The van der Waals surface area contributed by atoms with Crippen LogP contribution in [0, 0.1) is 23.7 Å². The van der Waals surface area contributed by atoms with E-state index in [-0.39, 0.29) is 0 Å². The topological polar surface area (TPSA) is 0 Å². The van der Waals surface area contributed by atoms with E-state index in [0.29, 0.717) is 0 Å². The molecule has 114 valence electrons. The van der Waals surface area contributed by atoms with Crippen LogP contribution in [0.5, 0.6) is 0 Å². The van der Waals surface area contributed by atoms with Crippen molar-refractivity contribution in [2.75, 3.05) is 0 Å². The first-order valence-corrected chi connectivity index (χ1v) is 8.93. The molecule has 0 amide bonds. The lowest BCUT2D eigenvalue weighted by molar-refractivity contribution is 1.57. The lowest BCUT2D eigenvalue weighted by Gasteiger charge is -1.93. The maximum Gasteiger partial charge on any atom is 0.0249 e. The molecule has 0 unspecified atom stereocenters. The zero-order chi connectivity index (χ0) is 16.8. The Labute approximate surface area is 159 Å². The second kappa shape index (κ2) is 8.02. The van der Waals surface area contributed by atoms with Gasteiger partial charge in [-0.2, -0.15) is 0 Å². The molecule has 0 aliphatic rings. The van der Waals surface area contributed by atoms with Crippen LogP contribution in [0.1, 0.15) is 22.3 Å². The summed E-state index contributed by atoms with van der Waals surface area (Å²) >= 11 is 6.84. The Morgan fingerprint density at radius 2 is 0.583 bits per heavy atom. The summed E-state index contributed by atoms with van der Waals surface area (Å²) in [7, 11) is 0. The number of rotatable bonds is 0. The molecule has 0 atom stereocenters. The molecule has 0 nitrogen and oxygen atoms in total. The van der Waals surface area contributed by atoms with E-state index in [9.17, 15) is 0 Å². The van der Waals surface area contributed by atoms with E-state index in [2.05, 4.69) is 55.5 Å². The molecule has 0 saturated carbocycles. The van der Waals surface area contributed by atoms with Crippen molar-refractivity contribution in [2.24, 2.45) is 0 Å². The van der Waals surface area contributed by atoms with Crippen LogP contribution in [-0.4, -0.2) is 0 Å². The highest BCUT2D eigenvalue weighted by Gasteiger charge is 1.91. The molecule has 0 N–H and O–H groups in total. The summed E-state index contributed by atoms with van der Waals surface area (Å²) in [5, 5.41) is 0. The van der Waals surface area contributed by atoms with Crippen molar-refractivity contribution < 1.29 is 0 Å². The monoisotopic (exact) mass is 434 g/mol. The third kappa shape index (κ3) is 4.87. The Morgan fingerprint density at radius 1 is 0.375 bits per heavy atom. The molecule has 0 aliphatic heterocycles. The minimum atomic E-state index is 0.979. The lowest BCUT2D eigenvalue weighted by atomic mass is 10.1. The molecule has 0 saturated heterocycles. The smallest absolute Gasteiger partial charge is 0.0249 e. The van der Waals surface area contributed by atoms with Crippen molar-refractivity contribution in [2.45, 2.75) is 0 Å². The molecule has 0 bridgehead atoms. The normalized spacial score (nSPS) is 9.42. The van der Waals surface area contributed by atoms with Crippen molar-refractivity contribution in [1.82, 2.24) is 0 Å². The minimum Gasteiger partial charge on any atom is -0.0617 e. The molecule has 0 fully saturated rings. The molecule has 0 aliphatic carbocycles. The lowest BCUT2D eigenvalue weighted by Crippen LogP contribution is -1.79. The van der Waals surface area contributed by atoms with E-state index in [1.54, 1.807) is 0 Å². The summed E-state index contributed by atoms with van der Waals surface area (Å²) in [4.78, 5) is 0. The van der Waals surface area contributed by atoms with Crippen LogP contribution >= 0.6 is 31.9 Å². The zero-order valence-electron chi connectivity index (χ0n) is 12.7. The summed E-state index contributed by atoms with van der Waals surface area (Å²) in [6.07, 6.45) is 0. The van der Waals surface area contributed by atoms with Gasteiger partial charge in [0.1, 0.15) is 0 Å². The van der Waals surface area contributed by atoms with Gasteiger partial charge in [-0.1, -0.05) is 55.5 Å². The van der Waals surface area contributed by atoms with E-state index < -0.39 is 0 Å². The first-order chi connectivity index (χ1) is 11.7. The fraction of sp³-hybridized carbons (Fsp3) is 0. The summed E-state index contributed by atoms with van der Waals surface area (Å²) in [6.45, 7) is 0. The van der Waals surface area contributed by atoms with Gasteiger partial charge >= 0.3 is 0 Å². The Bertz CT molecular complexity index is 861. The molecule has 0 heterocycles. The van der Waals surface area contributed by atoms with E-state index >= 15 is 0 Å². The molecule has 3 rings (SSSR count). The second-order valence-electron chi connectivity index (χ2n) is 5.09. The van der Waals surface area contributed by atoms with Crippen LogP contribution in [0.3, 0.4) is 0 Å². The molecule has 0 radical (unpaired) electrons. The van der Waals surface area contributed by atoms with Crippen molar-refractivity contribution in [3.8, 4) is 23.7 Å². The third-order valence-corrected chi connectivity index (χ3v) is 4.33. The highest BCUT2D eigenvalue weighted by atomic mass is 79.9. The number of hydrogen-bond donors (Lipinski definition) is 0. The van der Waals surface area contributed by atoms with E-state index in [1.165, 1.54) is 0 Å². The predicted molar refractivity (Wildman–Crippen MR) is 107 cm³/mol. The maximum atomic E-state index is 3.42. The number of benzene rings is 3. The predicted octanol–water partition coefficient (Wildman–Crippen LogP) is 6.01. The number of halogens is 2. The van der Waals surface area contributed by atoms with Gasteiger partial charge in [0.05, 0.1) is 0 Å². The number of hydrogen-bond acceptors (Lipinski definition) is 0. The molecular weight excluding hydrogens is 424 g/mol. The van der Waals surface area contributed by atoms with Crippen molar-refractivity contribution in [1.29, 1.82) is 0 Å². The van der Waals surface area contributed by atoms with E-state index in [0.717, 1.165) is 31.2 Å². The summed E-state index contributed by atoms with van der Waals surface area (Å²) in [6, 6.07) is 23.9. The van der Waals surface area contributed by atoms with Crippen LogP contribution < -0.4 is 0 Å². The largest absolute Gasteiger partial charge is 0.0617 e. The van der Waals surface area contributed by atoms with Gasteiger partial charge in [0.15, 0.2) is 0 Å². The molecule has 0 spiro atoms. The summed E-state index contributed by atoms with van der Waals surface area (Å²) < 4.78 is 2.11. The van der Waals surface area contributed by atoms with Gasteiger partial charge in [-0.15, -0.1) is 0 Å². The minimum absolute atomic E-state index is 0.979. The Kier molecular flexibility index (Phi) is 5.55. The molecule has 24 heavy (non-hydrogen) atoms. The first-order valence-electron chi connectivity index (χ1n) is 7.34. The highest BCUT2D eigenvalue weighted by Crippen LogP contribution is 2.11. The van der Waals surface area contributed by atoms with Gasteiger partial charge in [0.25, 0.3) is 0 Å². The Balaban J connectivity index is 1.72.